The molecule has 1 aliphatic heterocycles. The number of rotatable bonds is 5. The van der Waals surface area contributed by atoms with Crippen LogP contribution in [0.2, 0.25) is 0 Å². The molecule has 5 nitrogen and oxygen atoms in total. The summed E-state index contributed by atoms with van der Waals surface area (Å²) in [4.78, 5) is 16.2. The fourth-order valence-electron chi connectivity index (χ4n) is 2.35. The third kappa shape index (κ3) is 6.09. The summed E-state index contributed by atoms with van der Waals surface area (Å²) in [5.74, 6) is 0. The fraction of sp³-hybridized carbons (Fsp3) is 0.933. The smallest absolute Gasteiger partial charge is 0.410 e. The monoisotopic (exact) mass is 286 g/mol. The first-order chi connectivity index (χ1) is 9.33. The molecule has 1 rings (SSSR count). The van der Waals surface area contributed by atoms with Gasteiger partial charge < -0.3 is 19.3 Å². The van der Waals surface area contributed by atoms with Gasteiger partial charge in [0.05, 0.1) is 6.61 Å². The molecule has 0 saturated carbocycles. The molecular formula is C15H30N2O3. The van der Waals surface area contributed by atoms with Crippen LogP contribution in [0, 0.1) is 0 Å². The topological polar surface area (TPSA) is 42.0 Å². The molecule has 1 heterocycles. The van der Waals surface area contributed by atoms with Crippen molar-refractivity contribution in [2.45, 2.75) is 52.2 Å². The lowest BCUT2D eigenvalue weighted by Gasteiger charge is -2.37. The number of piperidine rings is 1. The zero-order valence-electron chi connectivity index (χ0n) is 13.6. The van der Waals surface area contributed by atoms with Crippen LogP contribution in [0.15, 0.2) is 0 Å². The van der Waals surface area contributed by atoms with Gasteiger partial charge in [0.2, 0.25) is 0 Å². The van der Waals surface area contributed by atoms with Crippen LogP contribution in [0.4, 0.5) is 4.79 Å². The summed E-state index contributed by atoms with van der Waals surface area (Å²) in [6.07, 6.45) is 1.79. The van der Waals surface area contributed by atoms with E-state index in [1.807, 2.05) is 34.7 Å². The second-order valence-corrected chi connectivity index (χ2v) is 6.36. The van der Waals surface area contributed by atoms with Crippen molar-refractivity contribution in [2.75, 3.05) is 39.9 Å². The minimum Gasteiger partial charge on any atom is -0.444 e. The van der Waals surface area contributed by atoms with Crippen molar-refractivity contribution in [3.8, 4) is 0 Å². The molecule has 0 N–H and O–H groups in total. The zero-order chi connectivity index (χ0) is 15.2. The first-order valence-corrected chi connectivity index (χ1v) is 7.59. The molecule has 1 saturated heterocycles. The Bertz CT molecular complexity index is 294. The Kier molecular flexibility index (Phi) is 6.76. The van der Waals surface area contributed by atoms with Crippen LogP contribution in [-0.4, -0.2) is 67.4 Å². The van der Waals surface area contributed by atoms with Gasteiger partial charge in [-0.2, -0.15) is 0 Å². The summed E-state index contributed by atoms with van der Waals surface area (Å²) >= 11 is 0. The van der Waals surface area contributed by atoms with E-state index in [4.69, 9.17) is 9.47 Å². The highest BCUT2D eigenvalue weighted by molar-refractivity contribution is 5.68. The Morgan fingerprint density at radius 3 is 2.40 bits per heavy atom. The van der Waals surface area contributed by atoms with E-state index in [9.17, 15) is 4.79 Å². The lowest BCUT2D eigenvalue weighted by molar-refractivity contribution is 0.0136. The van der Waals surface area contributed by atoms with Crippen LogP contribution in [0.25, 0.3) is 0 Å². The van der Waals surface area contributed by atoms with Crippen molar-refractivity contribution < 1.29 is 14.3 Å². The van der Waals surface area contributed by atoms with Gasteiger partial charge in [0.15, 0.2) is 0 Å². The second-order valence-electron chi connectivity index (χ2n) is 6.36. The van der Waals surface area contributed by atoms with E-state index in [1.165, 1.54) is 0 Å². The van der Waals surface area contributed by atoms with Crippen molar-refractivity contribution in [2.24, 2.45) is 0 Å². The van der Waals surface area contributed by atoms with Gasteiger partial charge in [-0.3, -0.25) is 0 Å². The minimum atomic E-state index is -0.427. The maximum Gasteiger partial charge on any atom is 0.410 e. The van der Waals surface area contributed by atoms with Crippen LogP contribution in [0.3, 0.4) is 0 Å². The Morgan fingerprint density at radius 1 is 1.30 bits per heavy atom. The van der Waals surface area contributed by atoms with Crippen molar-refractivity contribution in [1.29, 1.82) is 0 Å². The average molecular weight is 286 g/mol. The Labute approximate surface area is 123 Å². The molecule has 5 heteroatoms. The van der Waals surface area contributed by atoms with E-state index in [2.05, 4.69) is 4.90 Å². The van der Waals surface area contributed by atoms with E-state index in [0.29, 0.717) is 0 Å². The van der Waals surface area contributed by atoms with Crippen molar-refractivity contribution in [3.05, 3.63) is 0 Å². The highest BCUT2D eigenvalue weighted by Crippen LogP contribution is 2.18. The van der Waals surface area contributed by atoms with Gasteiger partial charge >= 0.3 is 6.09 Å². The molecule has 0 aromatic heterocycles. The molecule has 0 aromatic rings. The molecule has 0 spiro atoms. The third-order valence-electron chi connectivity index (χ3n) is 3.54. The first kappa shape index (κ1) is 17.2. The summed E-state index contributed by atoms with van der Waals surface area (Å²) in [6, 6.07) is 0.285. The van der Waals surface area contributed by atoms with Gasteiger partial charge in [0, 0.05) is 39.3 Å². The molecule has 20 heavy (non-hydrogen) atoms. The lowest BCUT2D eigenvalue weighted by Crippen LogP contribution is -2.47. The molecule has 0 aliphatic carbocycles. The van der Waals surface area contributed by atoms with Gasteiger partial charge in [-0.25, -0.2) is 4.79 Å². The van der Waals surface area contributed by atoms with E-state index >= 15 is 0 Å². The normalized spacial score (nSPS) is 18.1. The van der Waals surface area contributed by atoms with Crippen molar-refractivity contribution >= 4 is 6.09 Å². The SMILES string of the molecule is CCOCCN1CCC(N(C)C(=O)OC(C)(C)C)CC1. The van der Waals surface area contributed by atoms with Gasteiger partial charge in [0.25, 0.3) is 0 Å². The second kappa shape index (κ2) is 7.84. The lowest BCUT2D eigenvalue weighted by atomic mass is 10.0. The van der Waals surface area contributed by atoms with Crippen molar-refractivity contribution in [1.82, 2.24) is 9.80 Å². The third-order valence-corrected chi connectivity index (χ3v) is 3.54. The Hall–Kier alpha value is -0.810. The quantitative estimate of drug-likeness (QED) is 0.728. The summed E-state index contributed by atoms with van der Waals surface area (Å²) < 4.78 is 10.8. The molecule has 0 aromatic carbocycles. The highest BCUT2D eigenvalue weighted by Gasteiger charge is 2.28. The van der Waals surface area contributed by atoms with E-state index in [-0.39, 0.29) is 12.1 Å². The molecule has 1 amide bonds. The molecular weight excluding hydrogens is 256 g/mol. The first-order valence-electron chi connectivity index (χ1n) is 7.59. The van der Waals surface area contributed by atoms with Crippen LogP contribution in [-0.2, 0) is 9.47 Å². The summed E-state index contributed by atoms with van der Waals surface area (Å²) in [6.45, 7) is 12.3. The van der Waals surface area contributed by atoms with Gasteiger partial charge in [0.1, 0.15) is 5.60 Å². The van der Waals surface area contributed by atoms with Gasteiger partial charge in [-0.05, 0) is 40.5 Å². The number of ether oxygens (including phenoxy) is 2. The van der Waals surface area contributed by atoms with Crippen molar-refractivity contribution in [3.63, 3.8) is 0 Å². The average Bonchev–Trinajstić information content (AvgIpc) is 2.37. The standard InChI is InChI=1S/C15H30N2O3/c1-6-19-12-11-17-9-7-13(8-10-17)16(5)14(18)20-15(2,3)4/h13H,6-12H2,1-5H3. The van der Waals surface area contributed by atoms with E-state index in [1.54, 1.807) is 4.90 Å². The number of hydrogen-bond donors (Lipinski definition) is 0. The fourth-order valence-corrected chi connectivity index (χ4v) is 2.35. The maximum absolute atomic E-state index is 12.0. The van der Waals surface area contributed by atoms with Crippen LogP contribution >= 0.6 is 0 Å². The molecule has 1 fully saturated rings. The summed E-state index contributed by atoms with van der Waals surface area (Å²) in [7, 11) is 1.84. The number of likely N-dealkylation sites (tertiary alicyclic amines) is 1. The molecule has 0 atom stereocenters. The van der Waals surface area contributed by atoms with Crippen LogP contribution < -0.4 is 0 Å². The number of carbonyl (C=O) groups excluding carboxylic acids is 1. The minimum absolute atomic E-state index is 0.217. The molecule has 0 radical (unpaired) electrons. The maximum atomic E-state index is 12.0. The van der Waals surface area contributed by atoms with Crippen LogP contribution in [0.1, 0.15) is 40.5 Å². The Morgan fingerprint density at radius 2 is 1.90 bits per heavy atom. The molecule has 0 unspecified atom stereocenters. The molecule has 118 valence electrons. The molecule has 1 aliphatic rings. The molecule has 0 bridgehead atoms. The van der Waals surface area contributed by atoms with E-state index in [0.717, 1.165) is 45.7 Å². The number of amides is 1. The predicted octanol–water partition coefficient (Wildman–Crippen LogP) is 2.35. The summed E-state index contributed by atoms with van der Waals surface area (Å²) in [5, 5.41) is 0. The highest BCUT2D eigenvalue weighted by atomic mass is 16.6. The Balaban J connectivity index is 2.31. The van der Waals surface area contributed by atoms with Crippen LogP contribution in [0.5, 0.6) is 0 Å². The van der Waals surface area contributed by atoms with Gasteiger partial charge in [-0.1, -0.05) is 0 Å². The summed E-state index contributed by atoms with van der Waals surface area (Å²) in [5.41, 5.74) is -0.427. The largest absolute Gasteiger partial charge is 0.444 e. The van der Waals surface area contributed by atoms with E-state index < -0.39 is 5.60 Å². The number of hydrogen-bond acceptors (Lipinski definition) is 4. The predicted molar refractivity (Wildman–Crippen MR) is 80.0 cm³/mol. The number of carbonyl (C=O) groups is 1. The number of nitrogens with zero attached hydrogens (tertiary/aromatic N) is 2. The zero-order valence-corrected chi connectivity index (χ0v) is 13.6. The van der Waals surface area contributed by atoms with Gasteiger partial charge in [-0.15, -0.1) is 0 Å².